The van der Waals surface area contributed by atoms with Gasteiger partial charge >= 0.3 is 5.97 Å². The zero-order valence-corrected chi connectivity index (χ0v) is 23.8. The molecular formula is C29H30Cl2N4O5. The Kier molecular flexibility index (Phi) is 10.5. The fourth-order valence-electron chi connectivity index (χ4n) is 3.83. The van der Waals surface area contributed by atoms with E-state index in [1.807, 2.05) is 0 Å². The van der Waals surface area contributed by atoms with Crippen molar-refractivity contribution < 1.29 is 23.9 Å². The zero-order valence-electron chi connectivity index (χ0n) is 22.2. The third kappa shape index (κ3) is 8.21. The summed E-state index contributed by atoms with van der Waals surface area (Å²) in [5.41, 5.74) is 8.60. The Bertz CT molecular complexity index is 1380. The summed E-state index contributed by atoms with van der Waals surface area (Å²) in [7, 11) is 1.63. The van der Waals surface area contributed by atoms with E-state index >= 15 is 0 Å². The number of nitrogen functional groups attached to an aromatic ring is 1. The zero-order chi connectivity index (χ0) is 29.4. The van der Waals surface area contributed by atoms with Crippen LogP contribution in [0.4, 0.5) is 11.4 Å². The first kappa shape index (κ1) is 30.5. The maximum Gasteiger partial charge on any atom is 0.329 e. The van der Waals surface area contributed by atoms with Crippen molar-refractivity contribution in [2.45, 2.75) is 39.0 Å². The number of hydrogen-bond acceptors (Lipinski definition) is 6. The molecule has 1 atom stereocenters. The second-order valence-electron chi connectivity index (χ2n) is 9.41. The molecule has 3 aromatic carbocycles. The van der Waals surface area contributed by atoms with Crippen LogP contribution in [-0.4, -0.2) is 48.3 Å². The normalized spacial score (nSPS) is 11.4. The molecule has 0 aliphatic carbocycles. The average molecular weight is 585 g/mol. The minimum Gasteiger partial charge on any atom is -0.461 e. The summed E-state index contributed by atoms with van der Waals surface area (Å²) < 4.78 is 5.35. The smallest absolute Gasteiger partial charge is 0.329 e. The Morgan fingerprint density at radius 3 is 2.20 bits per heavy atom. The second-order valence-corrected chi connectivity index (χ2v) is 10.2. The summed E-state index contributed by atoms with van der Waals surface area (Å²) >= 11 is 12.3. The van der Waals surface area contributed by atoms with Crippen LogP contribution in [-0.2, 0) is 27.3 Å². The Labute approximate surface area is 242 Å². The number of ether oxygens (including phenoxy) is 1. The van der Waals surface area contributed by atoms with E-state index in [4.69, 9.17) is 33.7 Å². The van der Waals surface area contributed by atoms with Gasteiger partial charge in [-0.15, -0.1) is 0 Å². The minimum absolute atomic E-state index is 0.0624. The van der Waals surface area contributed by atoms with Gasteiger partial charge in [-0.3, -0.25) is 14.4 Å². The number of rotatable bonds is 11. The number of benzene rings is 3. The summed E-state index contributed by atoms with van der Waals surface area (Å²) in [5, 5.41) is 5.78. The highest BCUT2D eigenvalue weighted by Gasteiger charge is 2.26. The van der Waals surface area contributed by atoms with Gasteiger partial charge in [0, 0.05) is 31.4 Å². The highest BCUT2D eigenvalue weighted by Crippen LogP contribution is 2.24. The van der Waals surface area contributed by atoms with E-state index < -0.39 is 29.9 Å². The first-order valence-electron chi connectivity index (χ1n) is 12.4. The van der Waals surface area contributed by atoms with Crippen molar-refractivity contribution in [2.75, 3.05) is 18.1 Å². The third-order valence-corrected chi connectivity index (χ3v) is 6.39. The standard InChI is InChI=1S/C29H30Cl2N4O5/c1-17(2)40-29(39)25(34-28(38)26-22(30)5-4-6-23(26)31)14-18-7-10-20(11-8-18)33-27(37)21-13-19(9-12-24(21)32)15-35(3)16-36/h4-13,16-17,25H,14-15,32H2,1-3H3,(H,33,37)(H,34,38). The molecule has 3 rings (SSSR count). The van der Waals surface area contributed by atoms with Crippen LogP contribution in [0.3, 0.4) is 0 Å². The van der Waals surface area contributed by atoms with Crippen LogP contribution in [0, 0.1) is 0 Å². The van der Waals surface area contributed by atoms with Gasteiger partial charge in [-0.05, 0) is 61.4 Å². The summed E-state index contributed by atoms with van der Waals surface area (Å²) in [6.07, 6.45) is 0.424. The average Bonchev–Trinajstić information content (AvgIpc) is 2.89. The largest absolute Gasteiger partial charge is 0.461 e. The molecule has 0 fully saturated rings. The predicted molar refractivity (Wildman–Crippen MR) is 155 cm³/mol. The van der Waals surface area contributed by atoms with Crippen molar-refractivity contribution in [3.8, 4) is 0 Å². The van der Waals surface area contributed by atoms with Gasteiger partial charge in [0.05, 0.1) is 27.3 Å². The number of carbonyl (C=O) groups is 4. The molecule has 0 saturated heterocycles. The lowest BCUT2D eigenvalue weighted by Crippen LogP contribution is -2.44. The lowest BCUT2D eigenvalue weighted by molar-refractivity contribution is -0.149. The molecule has 0 radical (unpaired) electrons. The number of anilines is 2. The molecule has 0 saturated carbocycles. The number of nitrogens with two attached hydrogens (primary N) is 1. The number of nitrogens with zero attached hydrogens (tertiary/aromatic N) is 1. The van der Waals surface area contributed by atoms with Gasteiger partial charge in [0.15, 0.2) is 0 Å². The van der Waals surface area contributed by atoms with Crippen molar-refractivity contribution in [1.82, 2.24) is 10.2 Å². The SMILES string of the molecule is CC(C)OC(=O)C(Cc1ccc(NC(=O)c2cc(CN(C)C=O)ccc2N)cc1)NC(=O)c1c(Cl)cccc1Cl. The Hall–Kier alpha value is -4.08. The molecule has 1 unspecified atom stereocenters. The van der Waals surface area contributed by atoms with Crippen molar-refractivity contribution >= 4 is 58.8 Å². The molecule has 11 heteroatoms. The van der Waals surface area contributed by atoms with Crippen LogP contribution < -0.4 is 16.4 Å². The molecule has 0 spiro atoms. The maximum absolute atomic E-state index is 12.9. The lowest BCUT2D eigenvalue weighted by atomic mass is 10.0. The number of amides is 3. The Balaban J connectivity index is 1.74. The van der Waals surface area contributed by atoms with Gasteiger partial charge in [-0.25, -0.2) is 4.79 Å². The summed E-state index contributed by atoms with van der Waals surface area (Å²) in [4.78, 5) is 51.0. The van der Waals surface area contributed by atoms with Gasteiger partial charge in [0.2, 0.25) is 6.41 Å². The van der Waals surface area contributed by atoms with Crippen LogP contribution in [0.5, 0.6) is 0 Å². The quantitative estimate of drug-likeness (QED) is 0.170. The van der Waals surface area contributed by atoms with Crippen LogP contribution in [0.25, 0.3) is 0 Å². The Morgan fingerprint density at radius 1 is 0.975 bits per heavy atom. The lowest BCUT2D eigenvalue weighted by Gasteiger charge is -2.20. The predicted octanol–water partition coefficient (Wildman–Crippen LogP) is 4.71. The molecule has 3 amide bonds. The molecule has 3 aromatic rings. The van der Waals surface area contributed by atoms with E-state index in [0.717, 1.165) is 5.56 Å². The summed E-state index contributed by atoms with van der Waals surface area (Å²) in [6.45, 7) is 3.75. The van der Waals surface area contributed by atoms with Crippen LogP contribution in [0.1, 0.15) is 45.7 Å². The van der Waals surface area contributed by atoms with Gasteiger partial charge in [-0.2, -0.15) is 0 Å². The van der Waals surface area contributed by atoms with E-state index in [-0.39, 0.29) is 27.6 Å². The van der Waals surface area contributed by atoms with E-state index in [0.29, 0.717) is 29.9 Å². The van der Waals surface area contributed by atoms with Gasteiger partial charge in [0.1, 0.15) is 6.04 Å². The summed E-state index contributed by atoms with van der Waals surface area (Å²) in [5.74, 6) is -1.63. The third-order valence-electron chi connectivity index (χ3n) is 5.76. The van der Waals surface area contributed by atoms with Crippen molar-refractivity contribution in [3.63, 3.8) is 0 Å². The molecule has 4 N–H and O–H groups in total. The van der Waals surface area contributed by atoms with Crippen LogP contribution in [0.2, 0.25) is 10.0 Å². The van der Waals surface area contributed by atoms with E-state index in [9.17, 15) is 19.2 Å². The fraction of sp³-hybridized carbons (Fsp3) is 0.241. The molecule has 0 aliphatic rings. The maximum atomic E-state index is 12.9. The molecule has 40 heavy (non-hydrogen) atoms. The van der Waals surface area contributed by atoms with Crippen molar-refractivity contribution in [3.05, 3.63) is 93.0 Å². The molecule has 0 heterocycles. The number of halogens is 2. The van der Waals surface area contributed by atoms with Crippen LogP contribution >= 0.6 is 23.2 Å². The Morgan fingerprint density at radius 2 is 1.60 bits per heavy atom. The van der Waals surface area contributed by atoms with Gasteiger partial charge < -0.3 is 26.0 Å². The van der Waals surface area contributed by atoms with Crippen LogP contribution in [0.15, 0.2) is 60.7 Å². The van der Waals surface area contributed by atoms with Crippen molar-refractivity contribution in [2.24, 2.45) is 0 Å². The monoisotopic (exact) mass is 584 g/mol. The van der Waals surface area contributed by atoms with E-state index in [1.54, 1.807) is 69.4 Å². The number of nitrogens with one attached hydrogen (secondary N) is 2. The fourth-order valence-corrected chi connectivity index (χ4v) is 4.40. The molecule has 210 valence electrons. The highest BCUT2D eigenvalue weighted by atomic mass is 35.5. The van der Waals surface area contributed by atoms with Crippen molar-refractivity contribution in [1.29, 1.82) is 0 Å². The van der Waals surface area contributed by atoms with Gasteiger partial charge in [-0.1, -0.05) is 47.5 Å². The first-order chi connectivity index (χ1) is 19.0. The molecule has 0 aromatic heterocycles. The minimum atomic E-state index is -1.02. The number of esters is 1. The molecule has 0 aliphatic heterocycles. The van der Waals surface area contributed by atoms with E-state index in [2.05, 4.69) is 10.6 Å². The second kappa shape index (κ2) is 13.8. The first-order valence-corrected chi connectivity index (χ1v) is 13.1. The number of hydrogen-bond donors (Lipinski definition) is 3. The summed E-state index contributed by atoms with van der Waals surface area (Å²) in [6, 6.07) is 15.4. The topological polar surface area (TPSA) is 131 Å². The highest BCUT2D eigenvalue weighted by molar-refractivity contribution is 6.39. The van der Waals surface area contributed by atoms with Gasteiger partial charge in [0.25, 0.3) is 11.8 Å². The molecule has 9 nitrogen and oxygen atoms in total. The van der Waals surface area contributed by atoms with E-state index in [1.165, 1.54) is 17.0 Å². The molecule has 0 bridgehead atoms. The number of carbonyl (C=O) groups excluding carboxylic acids is 4. The molecular weight excluding hydrogens is 555 g/mol.